The molecule has 0 radical (unpaired) electrons. The Morgan fingerprint density at radius 1 is 1.17 bits per heavy atom. The van der Waals surface area contributed by atoms with Gasteiger partial charge in [-0.05, 0) is 12.0 Å². The Kier molecular flexibility index (Phi) is 4.02. The molecule has 0 aliphatic rings. The van der Waals surface area contributed by atoms with Crippen LogP contribution in [0.5, 0.6) is 5.88 Å². The van der Waals surface area contributed by atoms with E-state index in [1.54, 1.807) is 0 Å². The molecule has 0 aliphatic carbocycles. The Morgan fingerprint density at radius 3 is 2.61 bits per heavy atom. The van der Waals surface area contributed by atoms with Gasteiger partial charge in [0.25, 0.3) is 0 Å². The number of hydrogen-bond acceptors (Lipinski definition) is 4. The van der Waals surface area contributed by atoms with Crippen molar-refractivity contribution >= 4 is 5.78 Å². The first-order valence-electron chi connectivity index (χ1n) is 5.73. The van der Waals surface area contributed by atoms with Crippen LogP contribution in [0.1, 0.15) is 22.5 Å². The second-order valence-electron chi connectivity index (χ2n) is 3.82. The van der Waals surface area contributed by atoms with Crippen LogP contribution in [0.15, 0.2) is 42.7 Å². The number of ketones is 1. The van der Waals surface area contributed by atoms with Crippen molar-refractivity contribution in [3.63, 3.8) is 0 Å². The number of benzene rings is 1. The lowest BCUT2D eigenvalue weighted by Crippen LogP contribution is -2.07. The van der Waals surface area contributed by atoms with Gasteiger partial charge in [-0.15, -0.1) is 0 Å². The molecule has 4 nitrogen and oxygen atoms in total. The summed E-state index contributed by atoms with van der Waals surface area (Å²) in [6.07, 6.45) is 4.10. The molecule has 0 spiro atoms. The molecule has 0 saturated carbocycles. The monoisotopic (exact) mass is 242 g/mol. The highest BCUT2D eigenvalue weighted by Crippen LogP contribution is 2.14. The lowest BCUT2D eigenvalue weighted by atomic mass is 10.1. The van der Waals surface area contributed by atoms with E-state index in [0.29, 0.717) is 18.5 Å². The predicted molar refractivity (Wildman–Crippen MR) is 67.7 cm³/mol. The van der Waals surface area contributed by atoms with Crippen molar-refractivity contribution in [2.24, 2.45) is 0 Å². The zero-order valence-corrected chi connectivity index (χ0v) is 10.2. The number of carbonyl (C=O) groups excluding carboxylic acids is 1. The van der Waals surface area contributed by atoms with Crippen molar-refractivity contribution in [2.75, 3.05) is 7.11 Å². The molecule has 1 heterocycles. The van der Waals surface area contributed by atoms with Gasteiger partial charge >= 0.3 is 0 Å². The van der Waals surface area contributed by atoms with Crippen LogP contribution < -0.4 is 4.74 Å². The molecule has 0 bridgehead atoms. The number of hydrogen-bond donors (Lipinski definition) is 0. The third kappa shape index (κ3) is 2.91. The fourth-order valence-corrected chi connectivity index (χ4v) is 1.69. The standard InChI is InChI=1S/C14H14N2O2/c1-18-14-13(15-9-10-16-14)12(17)8-7-11-5-3-2-4-6-11/h2-6,9-10H,7-8H2,1H3. The maximum absolute atomic E-state index is 12.0. The Morgan fingerprint density at radius 2 is 1.89 bits per heavy atom. The van der Waals surface area contributed by atoms with E-state index in [4.69, 9.17) is 4.74 Å². The molecule has 0 aliphatic heterocycles. The van der Waals surface area contributed by atoms with Crippen LogP contribution in [0.2, 0.25) is 0 Å². The number of aryl methyl sites for hydroxylation is 1. The van der Waals surface area contributed by atoms with E-state index in [-0.39, 0.29) is 11.7 Å². The van der Waals surface area contributed by atoms with Crippen molar-refractivity contribution < 1.29 is 9.53 Å². The maximum Gasteiger partial charge on any atom is 0.243 e. The average molecular weight is 242 g/mol. The summed E-state index contributed by atoms with van der Waals surface area (Å²) in [5, 5.41) is 0. The van der Waals surface area contributed by atoms with E-state index >= 15 is 0 Å². The number of rotatable bonds is 5. The van der Waals surface area contributed by atoms with Crippen LogP contribution in [0.4, 0.5) is 0 Å². The zero-order valence-electron chi connectivity index (χ0n) is 10.2. The zero-order chi connectivity index (χ0) is 12.8. The van der Waals surface area contributed by atoms with Crippen molar-refractivity contribution in [3.05, 3.63) is 54.0 Å². The molecule has 0 N–H and O–H groups in total. The molecule has 0 fully saturated rings. The Balaban J connectivity index is 2.04. The third-order valence-electron chi connectivity index (χ3n) is 2.61. The van der Waals surface area contributed by atoms with Gasteiger partial charge in [-0.25, -0.2) is 9.97 Å². The van der Waals surface area contributed by atoms with E-state index in [9.17, 15) is 4.79 Å². The minimum absolute atomic E-state index is 0.0520. The summed E-state index contributed by atoms with van der Waals surface area (Å²) in [5.41, 5.74) is 1.43. The molecule has 92 valence electrons. The fourth-order valence-electron chi connectivity index (χ4n) is 1.69. The van der Waals surface area contributed by atoms with E-state index in [2.05, 4.69) is 9.97 Å². The summed E-state index contributed by atoms with van der Waals surface area (Å²) in [6, 6.07) is 9.88. The van der Waals surface area contributed by atoms with Crippen LogP contribution in [-0.4, -0.2) is 22.9 Å². The molecule has 0 unspecified atom stereocenters. The first kappa shape index (κ1) is 12.2. The van der Waals surface area contributed by atoms with Crippen molar-refractivity contribution in [1.82, 2.24) is 9.97 Å². The number of nitrogens with zero attached hydrogens (tertiary/aromatic N) is 2. The van der Waals surface area contributed by atoms with Crippen LogP contribution in [0.3, 0.4) is 0 Å². The summed E-state index contributed by atoms with van der Waals surface area (Å²) in [7, 11) is 1.48. The number of ether oxygens (including phenoxy) is 1. The van der Waals surface area contributed by atoms with Gasteiger partial charge < -0.3 is 4.74 Å². The first-order valence-corrected chi connectivity index (χ1v) is 5.73. The van der Waals surface area contributed by atoms with E-state index < -0.39 is 0 Å². The lowest BCUT2D eigenvalue weighted by Gasteiger charge is -2.04. The van der Waals surface area contributed by atoms with Gasteiger partial charge in [-0.1, -0.05) is 30.3 Å². The van der Waals surface area contributed by atoms with E-state index in [1.807, 2.05) is 30.3 Å². The Hall–Kier alpha value is -2.23. The number of carbonyl (C=O) groups is 1. The van der Waals surface area contributed by atoms with Crippen LogP contribution in [0.25, 0.3) is 0 Å². The summed E-state index contributed by atoms with van der Waals surface area (Å²) in [4.78, 5) is 20.0. The molecule has 0 atom stereocenters. The molecule has 2 aromatic rings. The van der Waals surface area contributed by atoms with Gasteiger partial charge in [-0.3, -0.25) is 4.79 Å². The van der Waals surface area contributed by atoms with Crippen molar-refractivity contribution in [1.29, 1.82) is 0 Å². The van der Waals surface area contributed by atoms with Crippen LogP contribution >= 0.6 is 0 Å². The van der Waals surface area contributed by atoms with Crippen molar-refractivity contribution in [2.45, 2.75) is 12.8 Å². The predicted octanol–water partition coefficient (Wildman–Crippen LogP) is 2.30. The lowest BCUT2D eigenvalue weighted by molar-refractivity contribution is 0.0974. The largest absolute Gasteiger partial charge is 0.479 e. The molecule has 0 amide bonds. The second kappa shape index (κ2) is 5.91. The van der Waals surface area contributed by atoms with Crippen molar-refractivity contribution in [3.8, 4) is 5.88 Å². The smallest absolute Gasteiger partial charge is 0.243 e. The minimum atomic E-state index is -0.0520. The SMILES string of the molecule is COc1nccnc1C(=O)CCc1ccccc1. The fraction of sp³-hybridized carbons (Fsp3) is 0.214. The average Bonchev–Trinajstić information content (AvgIpc) is 2.45. The summed E-state index contributed by atoms with van der Waals surface area (Å²) in [5.74, 6) is 0.236. The topological polar surface area (TPSA) is 52.1 Å². The molecule has 4 heteroatoms. The highest BCUT2D eigenvalue weighted by molar-refractivity contribution is 5.96. The molecular weight excluding hydrogens is 228 g/mol. The van der Waals surface area contributed by atoms with Crippen LogP contribution in [-0.2, 0) is 6.42 Å². The number of methoxy groups -OCH3 is 1. The van der Waals surface area contributed by atoms with E-state index in [0.717, 1.165) is 5.56 Å². The first-order chi connectivity index (χ1) is 8.81. The summed E-state index contributed by atoms with van der Waals surface area (Å²) < 4.78 is 5.02. The second-order valence-corrected chi connectivity index (χ2v) is 3.82. The molecule has 18 heavy (non-hydrogen) atoms. The molecule has 1 aromatic heterocycles. The van der Waals surface area contributed by atoms with Gasteiger partial charge in [0.05, 0.1) is 7.11 Å². The highest BCUT2D eigenvalue weighted by atomic mass is 16.5. The highest BCUT2D eigenvalue weighted by Gasteiger charge is 2.14. The van der Waals surface area contributed by atoms with E-state index in [1.165, 1.54) is 19.5 Å². The van der Waals surface area contributed by atoms with Gasteiger partial charge in [-0.2, -0.15) is 0 Å². The maximum atomic E-state index is 12.0. The Bertz CT molecular complexity index is 526. The summed E-state index contributed by atoms with van der Waals surface area (Å²) >= 11 is 0. The van der Waals surface area contributed by atoms with Gasteiger partial charge in [0.2, 0.25) is 5.88 Å². The third-order valence-corrected chi connectivity index (χ3v) is 2.61. The van der Waals surface area contributed by atoms with Gasteiger partial charge in [0.15, 0.2) is 11.5 Å². The Labute approximate surface area is 106 Å². The molecule has 0 saturated heterocycles. The number of aromatic nitrogens is 2. The van der Waals surface area contributed by atoms with Crippen LogP contribution in [0, 0.1) is 0 Å². The molecule has 1 aromatic carbocycles. The van der Waals surface area contributed by atoms with Gasteiger partial charge in [0, 0.05) is 18.8 Å². The number of Topliss-reactive ketones (excluding diaryl/α,β-unsaturated/α-hetero) is 1. The molecular formula is C14H14N2O2. The van der Waals surface area contributed by atoms with Gasteiger partial charge in [0.1, 0.15) is 0 Å². The quantitative estimate of drug-likeness (QED) is 0.755. The minimum Gasteiger partial charge on any atom is -0.479 e. The normalized spacial score (nSPS) is 10.1. The summed E-state index contributed by atoms with van der Waals surface area (Å²) in [6.45, 7) is 0. The molecule has 2 rings (SSSR count).